The number of rotatable bonds is 4. The summed E-state index contributed by atoms with van der Waals surface area (Å²) < 4.78 is 31.4. The van der Waals surface area contributed by atoms with Gasteiger partial charge in [-0.3, -0.25) is 0 Å². The smallest absolute Gasteiger partial charge is 0.139 e. The van der Waals surface area contributed by atoms with Crippen LogP contribution in [-0.4, -0.2) is 0 Å². The summed E-state index contributed by atoms with van der Waals surface area (Å²) >= 11 is 1.26. The average Bonchev–Trinajstić information content (AvgIpc) is 2.76. The molecule has 0 aliphatic heterocycles. The van der Waals surface area contributed by atoms with Crippen molar-refractivity contribution in [1.82, 2.24) is 0 Å². The van der Waals surface area contributed by atoms with Crippen molar-refractivity contribution in [2.24, 2.45) is 5.73 Å². The summed E-state index contributed by atoms with van der Waals surface area (Å²) in [5.41, 5.74) is 5.41. The Bertz CT molecular complexity index is 513. The number of hydrogen-bond donors (Lipinski definition) is 1. The molecule has 2 rings (SSSR count). The Kier molecular flexibility index (Phi) is 3.81. The van der Waals surface area contributed by atoms with Gasteiger partial charge in [0.15, 0.2) is 0 Å². The zero-order valence-corrected chi connectivity index (χ0v) is 9.77. The van der Waals surface area contributed by atoms with Crippen molar-refractivity contribution in [2.75, 3.05) is 0 Å². The zero-order chi connectivity index (χ0) is 12.3. The Morgan fingerprint density at radius 1 is 1.12 bits per heavy atom. The molecule has 0 amide bonds. The van der Waals surface area contributed by atoms with Crippen LogP contribution in [-0.2, 0) is 12.3 Å². The van der Waals surface area contributed by atoms with Gasteiger partial charge in [-0.15, -0.1) is 11.8 Å². The molecule has 1 heterocycles. The standard InChI is InChI=1S/C12H11F2NOS/c13-8-1-4-12(11(14)5-8)17-7-10-3-2-9(6-15)16-10/h1-5H,6-7,15H2. The molecule has 0 fully saturated rings. The van der Waals surface area contributed by atoms with Gasteiger partial charge in [-0.25, -0.2) is 8.78 Å². The maximum absolute atomic E-state index is 13.3. The van der Waals surface area contributed by atoms with Crippen LogP contribution in [0.1, 0.15) is 11.5 Å². The predicted molar refractivity (Wildman–Crippen MR) is 62.5 cm³/mol. The molecule has 2 aromatic rings. The van der Waals surface area contributed by atoms with Gasteiger partial charge >= 0.3 is 0 Å². The Hall–Kier alpha value is -1.33. The molecule has 0 spiro atoms. The average molecular weight is 255 g/mol. The highest BCUT2D eigenvalue weighted by atomic mass is 32.2. The summed E-state index contributed by atoms with van der Waals surface area (Å²) in [5.74, 6) is 0.776. The van der Waals surface area contributed by atoms with Crippen LogP contribution in [0.25, 0.3) is 0 Å². The van der Waals surface area contributed by atoms with E-state index >= 15 is 0 Å². The highest BCUT2D eigenvalue weighted by Gasteiger charge is 2.06. The first-order valence-corrected chi connectivity index (χ1v) is 6.03. The van der Waals surface area contributed by atoms with Crippen LogP contribution in [0.5, 0.6) is 0 Å². The molecule has 1 aromatic heterocycles. The number of thioether (sulfide) groups is 1. The number of nitrogens with two attached hydrogens (primary N) is 1. The second kappa shape index (κ2) is 5.33. The van der Waals surface area contributed by atoms with Crippen LogP contribution in [0.4, 0.5) is 8.78 Å². The van der Waals surface area contributed by atoms with Gasteiger partial charge in [0.25, 0.3) is 0 Å². The van der Waals surface area contributed by atoms with Crippen LogP contribution in [0, 0.1) is 11.6 Å². The molecule has 0 radical (unpaired) electrons. The first kappa shape index (κ1) is 12.1. The lowest BCUT2D eigenvalue weighted by molar-refractivity contribution is 0.482. The van der Waals surface area contributed by atoms with Crippen molar-refractivity contribution in [3.8, 4) is 0 Å². The van der Waals surface area contributed by atoms with Gasteiger partial charge in [-0.05, 0) is 24.3 Å². The van der Waals surface area contributed by atoms with Crippen LogP contribution in [0.2, 0.25) is 0 Å². The molecule has 0 aliphatic carbocycles. The maximum Gasteiger partial charge on any atom is 0.139 e. The van der Waals surface area contributed by atoms with Gasteiger partial charge < -0.3 is 10.2 Å². The first-order valence-electron chi connectivity index (χ1n) is 5.04. The molecule has 5 heteroatoms. The van der Waals surface area contributed by atoms with Crippen molar-refractivity contribution in [3.05, 3.63) is 53.5 Å². The lowest BCUT2D eigenvalue weighted by Gasteiger charge is -2.01. The van der Waals surface area contributed by atoms with Crippen molar-refractivity contribution >= 4 is 11.8 Å². The summed E-state index contributed by atoms with van der Waals surface area (Å²) in [7, 11) is 0. The molecule has 1 aromatic carbocycles. The van der Waals surface area contributed by atoms with E-state index in [2.05, 4.69) is 0 Å². The van der Waals surface area contributed by atoms with Crippen LogP contribution >= 0.6 is 11.8 Å². The highest BCUT2D eigenvalue weighted by molar-refractivity contribution is 7.98. The van der Waals surface area contributed by atoms with Crippen molar-refractivity contribution in [3.63, 3.8) is 0 Å². The van der Waals surface area contributed by atoms with Gasteiger partial charge in [0.1, 0.15) is 23.2 Å². The molecule has 2 nitrogen and oxygen atoms in total. The SMILES string of the molecule is NCc1ccc(CSc2ccc(F)cc2F)o1. The molecule has 0 saturated carbocycles. The minimum Gasteiger partial charge on any atom is -0.464 e. The largest absolute Gasteiger partial charge is 0.464 e. The fourth-order valence-electron chi connectivity index (χ4n) is 1.35. The molecule has 2 N–H and O–H groups in total. The third-order valence-electron chi connectivity index (χ3n) is 2.18. The molecular formula is C12H11F2NOS. The fraction of sp³-hybridized carbons (Fsp3) is 0.167. The molecule has 17 heavy (non-hydrogen) atoms. The molecule has 0 bridgehead atoms. The van der Waals surface area contributed by atoms with Crippen molar-refractivity contribution in [2.45, 2.75) is 17.2 Å². The number of furan rings is 1. The Labute approximate surface area is 102 Å². The normalized spacial score (nSPS) is 10.8. The molecule has 0 atom stereocenters. The third-order valence-corrected chi connectivity index (χ3v) is 3.25. The second-order valence-electron chi connectivity index (χ2n) is 3.44. The van der Waals surface area contributed by atoms with Crippen molar-refractivity contribution in [1.29, 1.82) is 0 Å². The van der Waals surface area contributed by atoms with E-state index in [0.717, 1.165) is 11.8 Å². The van der Waals surface area contributed by atoms with E-state index in [-0.39, 0.29) is 0 Å². The molecule has 0 aliphatic rings. The van der Waals surface area contributed by atoms with Crippen LogP contribution < -0.4 is 5.73 Å². The number of halogens is 2. The van der Waals surface area contributed by atoms with E-state index in [9.17, 15) is 8.78 Å². The second-order valence-corrected chi connectivity index (χ2v) is 4.45. The van der Waals surface area contributed by atoms with Gasteiger partial charge in [-0.1, -0.05) is 0 Å². The van der Waals surface area contributed by atoms with Gasteiger partial charge in [0, 0.05) is 11.0 Å². The third kappa shape index (κ3) is 3.08. The summed E-state index contributed by atoms with van der Waals surface area (Å²) in [6, 6.07) is 7.12. The van der Waals surface area contributed by atoms with E-state index in [1.165, 1.54) is 23.9 Å². The van der Waals surface area contributed by atoms with Gasteiger partial charge in [0.05, 0.1) is 12.3 Å². The Balaban J connectivity index is 2.02. The quantitative estimate of drug-likeness (QED) is 0.852. The van der Waals surface area contributed by atoms with Gasteiger partial charge in [0.2, 0.25) is 0 Å². The van der Waals surface area contributed by atoms with E-state index in [1.54, 1.807) is 12.1 Å². The number of benzene rings is 1. The number of hydrogen-bond acceptors (Lipinski definition) is 3. The highest BCUT2D eigenvalue weighted by Crippen LogP contribution is 2.26. The Morgan fingerprint density at radius 3 is 2.53 bits per heavy atom. The maximum atomic E-state index is 13.3. The topological polar surface area (TPSA) is 39.2 Å². The van der Waals surface area contributed by atoms with E-state index in [1.807, 2.05) is 0 Å². The molecule has 0 unspecified atom stereocenters. The zero-order valence-electron chi connectivity index (χ0n) is 8.95. The Morgan fingerprint density at radius 2 is 1.88 bits per heavy atom. The predicted octanol–water partition coefficient (Wildman–Crippen LogP) is 3.31. The van der Waals surface area contributed by atoms with Crippen LogP contribution in [0.15, 0.2) is 39.6 Å². The summed E-state index contributed by atoms with van der Waals surface area (Å²) in [5, 5.41) is 0. The first-order chi connectivity index (χ1) is 8.19. The van der Waals surface area contributed by atoms with Crippen molar-refractivity contribution < 1.29 is 13.2 Å². The fourth-order valence-corrected chi connectivity index (χ4v) is 2.16. The van der Waals surface area contributed by atoms with Gasteiger partial charge in [-0.2, -0.15) is 0 Å². The minimum atomic E-state index is -0.574. The molecule has 90 valence electrons. The molecular weight excluding hydrogens is 244 g/mol. The monoisotopic (exact) mass is 255 g/mol. The van der Waals surface area contributed by atoms with E-state index in [4.69, 9.17) is 10.2 Å². The summed E-state index contributed by atoms with van der Waals surface area (Å²) in [4.78, 5) is 0.400. The van der Waals surface area contributed by atoms with E-state index < -0.39 is 11.6 Å². The summed E-state index contributed by atoms with van der Waals surface area (Å²) in [6.45, 7) is 0.343. The van der Waals surface area contributed by atoms with E-state index in [0.29, 0.717) is 23.0 Å². The van der Waals surface area contributed by atoms with Crippen LogP contribution in [0.3, 0.4) is 0 Å². The summed E-state index contributed by atoms with van der Waals surface area (Å²) in [6.07, 6.45) is 0. The minimum absolute atomic E-state index is 0.343. The molecule has 0 saturated heterocycles. The lowest BCUT2D eigenvalue weighted by Crippen LogP contribution is -1.92. The lowest BCUT2D eigenvalue weighted by atomic mass is 10.3.